The molecule has 0 unspecified atom stereocenters. The van der Waals surface area contributed by atoms with Crippen LogP contribution in [-0.4, -0.2) is 43.1 Å². The van der Waals surface area contributed by atoms with Crippen LogP contribution in [0.2, 0.25) is 0 Å². The van der Waals surface area contributed by atoms with Crippen LogP contribution in [0.25, 0.3) is 0 Å². The number of carbonyl (C=O) groups is 2. The zero-order valence-electron chi connectivity index (χ0n) is 19.7. The lowest BCUT2D eigenvalue weighted by atomic mass is 10.0. The van der Waals surface area contributed by atoms with Crippen molar-refractivity contribution in [1.82, 2.24) is 10.2 Å². The molecule has 2 aromatic rings. The first-order valence-electron chi connectivity index (χ1n) is 11.3. The van der Waals surface area contributed by atoms with E-state index in [0.29, 0.717) is 39.0 Å². The van der Waals surface area contributed by atoms with E-state index in [9.17, 15) is 9.59 Å². The van der Waals surface area contributed by atoms with Crippen LogP contribution in [0.3, 0.4) is 0 Å². The molecule has 2 amide bonds. The number of ether oxygens (including phenoxy) is 2. The Morgan fingerprint density at radius 2 is 1.72 bits per heavy atom. The first kappa shape index (κ1) is 25.4. The van der Waals surface area contributed by atoms with Crippen LogP contribution in [-0.2, 0) is 20.9 Å². The van der Waals surface area contributed by atoms with E-state index in [4.69, 9.17) is 9.47 Å². The topological polar surface area (TPSA) is 67.9 Å². The van der Waals surface area contributed by atoms with Crippen LogP contribution < -0.4 is 10.1 Å². The van der Waals surface area contributed by atoms with Gasteiger partial charge in [0, 0.05) is 26.1 Å². The number of benzene rings is 2. The normalized spacial score (nSPS) is 11.8. The van der Waals surface area contributed by atoms with Gasteiger partial charge < -0.3 is 19.7 Å². The fourth-order valence-electron chi connectivity index (χ4n) is 3.42. The Bertz CT molecular complexity index is 821. The molecule has 0 bridgehead atoms. The van der Waals surface area contributed by atoms with Gasteiger partial charge in [0.25, 0.3) is 0 Å². The first-order chi connectivity index (χ1) is 15.5. The molecule has 0 fully saturated rings. The van der Waals surface area contributed by atoms with Gasteiger partial charge in [0.2, 0.25) is 11.8 Å². The maximum absolute atomic E-state index is 13.3. The van der Waals surface area contributed by atoms with Crippen molar-refractivity contribution in [1.29, 1.82) is 0 Å². The van der Waals surface area contributed by atoms with E-state index in [2.05, 4.69) is 5.32 Å². The summed E-state index contributed by atoms with van der Waals surface area (Å²) in [4.78, 5) is 28.1. The summed E-state index contributed by atoms with van der Waals surface area (Å²) in [5, 5.41) is 3.00. The second-order valence-corrected chi connectivity index (χ2v) is 8.00. The van der Waals surface area contributed by atoms with Crippen LogP contribution in [0.1, 0.15) is 57.2 Å². The molecular formula is C26H36N2O4. The van der Waals surface area contributed by atoms with E-state index in [-0.39, 0.29) is 17.9 Å². The number of amides is 2. The van der Waals surface area contributed by atoms with Gasteiger partial charge in [-0.1, -0.05) is 49.4 Å². The van der Waals surface area contributed by atoms with Gasteiger partial charge in [-0.3, -0.25) is 9.59 Å². The van der Waals surface area contributed by atoms with E-state index in [1.807, 2.05) is 75.4 Å². The zero-order valence-corrected chi connectivity index (χ0v) is 19.7. The highest BCUT2D eigenvalue weighted by molar-refractivity contribution is 5.88. The fraction of sp³-hybridized carbons (Fsp3) is 0.462. The molecule has 1 N–H and O–H groups in total. The lowest BCUT2D eigenvalue weighted by molar-refractivity contribution is -0.141. The second kappa shape index (κ2) is 13.5. The van der Waals surface area contributed by atoms with Gasteiger partial charge in [0.15, 0.2) is 0 Å². The minimum atomic E-state index is -0.705. The Morgan fingerprint density at radius 3 is 2.31 bits per heavy atom. The van der Waals surface area contributed by atoms with E-state index in [1.165, 1.54) is 0 Å². The monoisotopic (exact) mass is 440 g/mol. The quantitative estimate of drug-likeness (QED) is 0.466. The molecule has 0 aliphatic carbocycles. The maximum Gasteiger partial charge on any atom is 0.247 e. The molecule has 32 heavy (non-hydrogen) atoms. The Labute approximate surface area is 191 Å². The minimum absolute atomic E-state index is 0.0459. The van der Waals surface area contributed by atoms with E-state index in [0.717, 1.165) is 16.9 Å². The van der Waals surface area contributed by atoms with Crippen LogP contribution in [0, 0.1) is 0 Å². The number of nitrogens with zero attached hydrogens (tertiary/aromatic N) is 1. The summed E-state index contributed by atoms with van der Waals surface area (Å²) >= 11 is 0. The lowest BCUT2D eigenvalue weighted by Crippen LogP contribution is -2.43. The van der Waals surface area contributed by atoms with Gasteiger partial charge in [0.05, 0.1) is 13.2 Å². The maximum atomic E-state index is 13.3. The van der Waals surface area contributed by atoms with Crippen molar-refractivity contribution in [3.8, 4) is 5.75 Å². The molecule has 0 aliphatic rings. The molecule has 6 heteroatoms. The molecule has 6 nitrogen and oxygen atoms in total. The number of carbonyl (C=O) groups excluding carboxylic acids is 2. The SMILES string of the molecule is CCCC(=O)N(Cc1ccc(OC)cc1)[C@H](C(=O)NCCCOC(C)C)c1ccccc1. The third kappa shape index (κ3) is 8.00. The first-order valence-corrected chi connectivity index (χ1v) is 11.3. The largest absolute Gasteiger partial charge is 0.497 e. The smallest absolute Gasteiger partial charge is 0.247 e. The highest BCUT2D eigenvalue weighted by Crippen LogP contribution is 2.25. The third-order valence-electron chi connectivity index (χ3n) is 5.04. The van der Waals surface area contributed by atoms with Gasteiger partial charge in [-0.2, -0.15) is 0 Å². The standard InChI is InChI=1S/C26H36N2O4/c1-5-10-24(29)28(19-21-13-15-23(31-4)16-14-21)25(22-11-7-6-8-12-22)26(30)27-17-9-18-32-20(2)3/h6-8,11-16,20,25H,5,9-10,17-19H2,1-4H3,(H,27,30)/t25-/m0/s1. The van der Waals surface area contributed by atoms with Gasteiger partial charge in [0.1, 0.15) is 11.8 Å². The number of hydrogen-bond acceptors (Lipinski definition) is 4. The molecule has 174 valence electrons. The van der Waals surface area contributed by atoms with Crippen LogP contribution in [0.4, 0.5) is 0 Å². The lowest BCUT2D eigenvalue weighted by Gasteiger charge is -2.31. The Hall–Kier alpha value is -2.86. The average Bonchev–Trinajstić information content (AvgIpc) is 2.79. The summed E-state index contributed by atoms with van der Waals surface area (Å²) in [6, 6.07) is 16.4. The predicted molar refractivity (Wildman–Crippen MR) is 126 cm³/mol. The Kier molecular flexibility index (Phi) is 10.7. The highest BCUT2D eigenvalue weighted by Gasteiger charge is 2.30. The van der Waals surface area contributed by atoms with Crippen LogP contribution >= 0.6 is 0 Å². The molecule has 1 atom stereocenters. The van der Waals surface area contributed by atoms with E-state index in [1.54, 1.807) is 12.0 Å². The van der Waals surface area contributed by atoms with Gasteiger partial charge in [-0.15, -0.1) is 0 Å². The average molecular weight is 441 g/mol. The van der Waals surface area contributed by atoms with Crippen LogP contribution in [0.15, 0.2) is 54.6 Å². The van der Waals surface area contributed by atoms with Crippen molar-refractivity contribution in [2.75, 3.05) is 20.3 Å². The third-order valence-corrected chi connectivity index (χ3v) is 5.04. The van der Waals surface area contributed by atoms with Crippen LogP contribution in [0.5, 0.6) is 5.75 Å². The van der Waals surface area contributed by atoms with Crippen molar-refractivity contribution < 1.29 is 19.1 Å². The summed E-state index contributed by atoms with van der Waals surface area (Å²) in [5.41, 5.74) is 1.73. The molecule has 2 aromatic carbocycles. The van der Waals surface area contributed by atoms with Gasteiger partial charge in [-0.25, -0.2) is 0 Å². The summed E-state index contributed by atoms with van der Waals surface area (Å²) in [6.45, 7) is 7.36. The van der Waals surface area contributed by atoms with E-state index < -0.39 is 6.04 Å². The summed E-state index contributed by atoms with van der Waals surface area (Å²) in [5.74, 6) is 0.523. The molecule has 0 saturated heterocycles. The van der Waals surface area contributed by atoms with Crippen molar-refractivity contribution >= 4 is 11.8 Å². The summed E-state index contributed by atoms with van der Waals surface area (Å²) < 4.78 is 10.8. The van der Waals surface area contributed by atoms with Gasteiger partial charge in [-0.05, 0) is 49.9 Å². The molecule has 0 saturated carbocycles. The molecule has 0 heterocycles. The highest BCUT2D eigenvalue weighted by atomic mass is 16.5. The van der Waals surface area contributed by atoms with Gasteiger partial charge >= 0.3 is 0 Å². The fourth-order valence-corrected chi connectivity index (χ4v) is 3.42. The molecule has 0 spiro atoms. The Balaban J connectivity index is 2.25. The number of nitrogens with one attached hydrogen (secondary N) is 1. The zero-order chi connectivity index (χ0) is 23.3. The van der Waals surface area contributed by atoms with E-state index >= 15 is 0 Å². The number of rotatable bonds is 13. The number of methoxy groups -OCH3 is 1. The summed E-state index contributed by atoms with van der Waals surface area (Å²) in [6.07, 6.45) is 1.98. The van der Waals surface area contributed by atoms with Crippen molar-refractivity contribution in [3.05, 3.63) is 65.7 Å². The predicted octanol–water partition coefficient (Wildman–Crippen LogP) is 4.50. The minimum Gasteiger partial charge on any atom is -0.497 e. The molecular weight excluding hydrogens is 404 g/mol. The number of hydrogen-bond donors (Lipinski definition) is 1. The molecule has 0 radical (unpaired) electrons. The Morgan fingerprint density at radius 1 is 1.03 bits per heavy atom. The molecule has 0 aromatic heterocycles. The van der Waals surface area contributed by atoms with Crippen molar-refractivity contribution in [2.24, 2.45) is 0 Å². The second-order valence-electron chi connectivity index (χ2n) is 8.00. The summed E-state index contributed by atoms with van der Waals surface area (Å²) in [7, 11) is 1.62. The molecule has 2 rings (SSSR count). The van der Waals surface area contributed by atoms with Crippen molar-refractivity contribution in [2.45, 2.75) is 58.7 Å². The van der Waals surface area contributed by atoms with Crippen molar-refractivity contribution in [3.63, 3.8) is 0 Å². The molecule has 0 aliphatic heterocycles.